The highest BCUT2D eigenvalue weighted by Crippen LogP contribution is 2.24. The standard InChI is InChI=1S/C14H18BrFN2O2/c15-12-2-1-9(7-13(12)16)11(14(17)20)8-18-5-3-10(19)4-6-18/h1-2,7,10-11,19H,3-6,8H2,(H2,17,20)/t11-/m0/s1. The Balaban J connectivity index is 2.10. The molecule has 1 saturated heterocycles. The van der Waals surface area contributed by atoms with E-state index in [1.54, 1.807) is 12.1 Å². The molecule has 1 heterocycles. The monoisotopic (exact) mass is 344 g/mol. The van der Waals surface area contributed by atoms with Crippen LogP contribution in [0.3, 0.4) is 0 Å². The minimum Gasteiger partial charge on any atom is -0.393 e. The molecule has 1 aliphatic rings. The van der Waals surface area contributed by atoms with Gasteiger partial charge in [-0.2, -0.15) is 0 Å². The molecule has 0 saturated carbocycles. The second-order valence-corrected chi connectivity index (χ2v) is 6.01. The first kappa shape index (κ1) is 15.4. The molecule has 4 nitrogen and oxygen atoms in total. The summed E-state index contributed by atoms with van der Waals surface area (Å²) in [4.78, 5) is 13.7. The number of carbonyl (C=O) groups excluding carboxylic acids is 1. The zero-order valence-electron chi connectivity index (χ0n) is 11.1. The van der Waals surface area contributed by atoms with E-state index in [-0.39, 0.29) is 6.10 Å². The Morgan fingerprint density at radius 1 is 1.50 bits per heavy atom. The van der Waals surface area contributed by atoms with Crippen LogP contribution in [0.15, 0.2) is 22.7 Å². The number of carbonyl (C=O) groups is 1. The van der Waals surface area contributed by atoms with Crippen molar-refractivity contribution in [1.29, 1.82) is 0 Å². The van der Waals surface area contributed by atoms with Gasteiger partial charge in [-0.1, -0.05) is 6.07 Å². The fourth-order valence-electron chi connectivity index (χ4n) is 2.45. The molecule has 3 N–H and O–H groups in total. The number of piperidine rings is 1. The molecule has 6 heteroatoms. The van der Waals surface area contributed by atoms with Gasteiger partial charge in [0.2, 0.25) is 5.91 Å². The normalized spacial score (nSPS) is 18.9. The molecule has 1 aromatic rings. The second-order valence-electron chi connectivity index (χ2n) is 5.16. The molecular formula is C14H18BrFN2O2. The van der Waals surface area contributed by atoms with Crippen LogP contribution in [0, 0.1) is 5.82 Å². The Morgan fingerprint density at radius 2 is 2.15 bits per heavy atom. The number of rotatable bonds is 4. The van der Waals surface area contributed by atoms with E-state index in [2.05, 4.69) is 20.8 Å². The van der Waals surface area contributed by atoms with Gasteiger partial charge in [-0.15, -0.1) is 0 Å². The lowest BCUT2D eigenvalue weighted by Crippen LogP contribution is -2.41. The number of hydrogen-bond donors (Lipinski definition) is 2. The number of amides is 1. The minimum absolute atomic E-state index is 0.261. The van der Waals surface area contributed by atoms with Crippen LogP contribution in [-0.4, -0.2) is 41.7 Å². The molecule has 1 aromatic carbocycles. The van der Waals surface area contributed by atoms with Crippen molar-refractivity contribution in [3.05, 3.63) is 34.1 Å². The second kappa shape index (κ2) is 6.65. The van der Waals surface area contributed by atoms with Crippen LogP contribution in [0.4, 0.5) is 4.39 Å². The van der Waals surface area contributed by atoms with Gasteiger partial charge >= 0.3 is 0 Å². The molecular weight excluding hydrogens is 327 g/mol. The molecule has 0 aromatic heterocycles. The quantitative estimate of drug-likeness (QED) is 0.871. The lowest BCUT2D eigenvalue weighted by Gasteiger charge is -2.31. The summed E-state index contributed by atoms with van der Waals surface area (Å²) in [6, 6.07) is 4.64. The summed E-state index contributed by atoms with van der Waals surface area (Å²) in [5.74, 6) is -1.39. The Bertz CT molecular complexity index is 490. The van der Waals surface area contributed by atoms with E-state index in [4.69, 9.17) is 5.73 Å². The van der Waals surface area contributed by atoms with Gasteiger partial charge in [0, 0.05) is 19.6 Å². The largest absolute Gasteiger partial charge is 0.393 e. The van der Waals surface area contributed by atoms with Gasteiger partial charge in [0.15, 0.2) is 0 Å². The third-order valence-corrected chi connectivity index (χ3v) is 4.33. The number of likely N-dealkylation sites (tertiary alicyclic amines) is 1. The number of halogens is 2. The van der Waals surface area contributed by atoms with Gasteiger partial charge < -0.3 is 15.7 Å². The van der Waals surface area contributed by atoms with Gasteiger partial charge in [-0.05, 0) is 46.5 Å². The van der Waals surface area contributed by atoms with Crippen molar-refractivity contribution in [1.82, 2.24) is 4.90 Å². The third kappa shape index (κ3) is 3.77. The first-order valence-corrected chi connectivity index (χ1v) is 7.41. The highest BCUT2D eigenvalue weighted by Gasteiger charge is 2.25. The fraction of sp³-hybridized carbons (Fsp3) is 0.500. The average Bonchev–Trinajstić information content (AvgIpc) is 2.41. The van der Waals surface area contributed by atoms with Crippen LogP contribution in [0.1, 0.15) is 24.3 Å². The molecule has 0 radical (unpaired) electrons. The number of hydrogen-bond acceptors (Lipinski definition) is 3. The summed E-state index contributed by atoms with van der Waals surface area (Å²) >= 11 is 3.09. The van der Waals surface area contributed by atoms with Crippen molar-refractivity contribution in [2.24, 2.45) is 5.73 Å². The predicted octanol–water partition coefficient (Wildman–Crippen LogP) is 1.61. The number of aliphatic hydroxyl groups excluding tert-OH is 1. The van der Waals surface area contributed by atoms with E-state index in [0.717, 1.165) is 13.1 Å². The molecule has 0 unspecified atom stereocenters. The summed E-state index contributed by atoms with van der Waals surface area (Å²) in [7, 11) is 0. The first-order valence-electron chi connectivity index (χ1n) is 6.62. The summed E-state index contributed by atoms with van der Waals surface area (Å²) in [6.45, 7) is 1.91. The average molecular weight is 345 g/mol. The highest BCUT2D eigenvalue weighted by molar-refractivity contribution is 9.10. The van der Waals surface area contributed by atoms with Crippen molar-refractivity contribution in [3.8, 4) is 0 Å². The molecule has 1 amide bonds. The Morgan fingerprint density at radius 3 is 2.70 bits per heavy atom. The molecule has 0 spiro atoms. The molecule has 1 aliphatic heterocycles. The summed E-state index contributed by atoms with van der Waals surface area (Å²) < 4.78 is 14.0. The summed E-state index contributed by atoms with van der Waals surface area (Å²) in [5.41, 5.74) is 6.04. The van der Waals surface area contributed by atoms with E-state index in [0.29, 0.717) is 29.4 Å². The van der Waals surface area contributed by atoms with E-state index in [9.17, 15) is 14.3 Å². The van der Waals surface area contributed by atoms with Gasteiger partial charge in [0.1, 0.15) is 5.82 Å². The van der Waals surface area contributed by atoms with Crippen molar-refractivity contribution in [2.45, 2.75) is 24.9 Å². The van der Waals surface area contributed by atoms with Gasteiger partial charge in [-0.25, -0.2) is 4.39 Å². The zero-order valence-corrected chi connectivity index (χ0v) is 12.6. The van der Waals surface area contributed by atoms with Crippen molar-refractivity contribution in [3.63, 3.8) is 0 Å². The minimum atomic E-state index is -0.534. The van der Waals surface area contributed by atoms with Crippen LogP contribution in [0.2, 0.25) is 0 Å². The van der Waals surface area contributed by atoms with Crippen molar-refractivity contribution < 1.29 is 14.3 Å². The fourth-order valence-corrected chi connectivity index (χ4v) is 2.70. The number of nitrogens with two attached hydrogens (primary N) is 1. The number of nitrogens with zero attached hydrogens (tertiary/aromatic N) is 1. The predicted molar refractivity (Wildman–Crippen MR) is 77.7 cm³/mol. The zero-order chi connectivity index (χ0) is 14.7. The van der Waals surface area contributed by atoms with Crippen molar-refractivity contribution in [2.75, 3.05) is 19.6 Å². The number of aliphatic hydroxyl groups is 1. The lowest BCUT2D eigenvalue weighted by atomic mass is 9.96. The maximum Gasteiger partial charge on any atom is 0.226 e. The lowest BCUT2D eigenvalue weighted by molar-refractivity contribution is -0.120. The summed E-state index contributed by atoms with van der Waals surface area (Å²) in [5, 5.41) is 9.48. The smallest absolute Gasteiger partial charge is 0.226 e. The molecule has 1 fully saturated rings. The molecule has 2 rings (SSSR count). The van der Waals surface area contributed by atoms with Crippen molar-refractivity contribution >= 4 is 21.8 Å². The molecule has 0 bridgehead atoms. The molecule has 0 aliphatic carbocycles. The summed E-state index contributed by atoms with van der Waals surface area (Å²) in [6.07, 6.45) is 1.13. The molecule has 20 heavy (non-hydrogen) atoms. The van der Waals surface area contributed by atoms with Gasteiger partial charge in [-0.3, -0.25) is 4.79 Å². The van der Waals surface area contributed by atoms with Gasteiger partial charge in [0.05, 0.1) is 16.5 Å². The van der Waals surface area contributed by atoms with E-state index in [1.807, 2.05) is 0 Å². The number of primary amides is 1. The third-order valence-electron chi connectivity index (χ3n) is 3.69. The van der Waals surface area contributed by atoms with Crippen LogP contribution >= 0.6 is 15.9 Å². The SMILES string of the molecule is NC(=O)[C@@H](CN1CCC(O)CC1)c1ccc(Br)c(F)c1. The highest BCUT2D eigenvalue weighted by atomic mass is 79.9. The Kier molecular flexibility index (Phi) is 5.12. The van der Waals surface area contributed by atoms with Crippen LogP contribution in [0.5, 0.6) is 0 Å². The molecule has 110 valence electrons. The topological polar surface area (TPSA) is 66.6 Å². The Hall–Kier alpha value is -0.980. The van der Waals surface area contributed by atoms with Gasteiger partial charge in [0.25, 0.3) is 0 Å². The van der Waals surface area contributed by atoms with E-state index < -0.39 is 17.6 Å². The molecule has 1 atom stereocenters. The Labute approximate surface area is 125 Å². The van der Waals surface area contributed by atoms with E-state index in [1.165, 1.54) is 6.07 Å². The van der Waals surface area contributed by atoms with E-state index >= 15 is 0 Å². The first-order chi connectivity index (χ1) is 9.47. The number of benzene rings is 1. The maximum absolute atomic E-state index is 13.6. The van der Waals surface area contributed by atoms with Crippen LogP contribution in [0.25, 0.3) is 0 Å². The van der Waals surface area contributed by atoms with Crippen LogP contribution < -0.4 is 5.73 Å². The van der Waals surface area contributed by atoms with Crippen LogP contribution in [-0.2, 0) is 4.79 Å². The maximum atomic E-state index is 13.6.